The molecule has 0 saturated carbocycles. The van der Waals surface area contributed by atoms with Gasteiger partial charge in [0.15, 0.2) is 5.65 Å². The average Bonchev–Trinajstić information content (AvgIpc) is 3.07. The Bertz CT molecular complexity index is 1200. The molecule has 1 aliphatic heterocycles. The van der Waals surface area contributed by atoms with Crippen LogP contribution in [0.2, 0.25) is 30.7 Å². The van der Waals surface area contributed by atoms with Crippen LogP contribution in [0.25, 0.3) is 11.2 Å². The first-order valence-corrected chi connectivity index (χ1v) is 15.4. The lowest BCUT2D eigenvalue weighted by Crippen LogP contribution is -2.31. The quantitative estimate of drug-likeness (QED) is 0.342. The number of nitrogens with zero attached hydrogens (tertiary/aromatic N) is 5. The smallest absolute Gasteiger partial charge is 0.332 e. The van der Waals surface area contributed by atoms with E-state index in [1.165, 1.54) is 13.3 Å². The highest BCUT2D eigenvalue weighted by Crippen LogP contribution is 2.28. The maximum atomic E-state index is 13.5. The number of aromatic nitrogens is 5. The molecule has 0 amide bonds. The molecule has 1 saturated heterocycles. The molecule has 0 aromatic carbocycles. The predicted molar refractivity (Wildman–Crippen MR) is 134 cm³/mol. The lowest BCUT2D eigenvalue weighted by atomic mass is 10.1. The van der Waals surface area contributed by atoms with Crippen molar-refractivity contribution >= 4 is 42.5 Å². The van der Waals surface area contributed by atoms with E-state index in [0.717, 1.165) is 18.9 Å². The van der Waals surface area contributed by atoms with Crippen molar-refractivity contribution in [3.63, 3.8) is 0 Å². The van der Waals surface area contributed by atoms with Gasteiger partial charge in [0, 0.05) is 40.1 Å². The Morgan fingerprint density at radius 2 is 2.00 bits per heavy atom. The summed E-state index contributed by atoms with van der Waals surface area (Å²) < 4.78 is 20.1. The molecule has 34 heavy (non-hydrogen) atoms. The molecule has 0 radical (unpaired) electrons. The molecule has 1 aliphatic rings. The first-order chi connectivity index (χ1) is 16.3. The van der Waals surface area contributed by atoms with Gasteiger partial charge in [-0.1, -0.05) is 31.2 Å². The molecule has 3 aromatic rings. The largest absolute Gasteiger partial charge is 0.480 e. The van der Waals surface area contributed by atoms with Gasteiger partial charge in [-0.05, 0) is 25.0 Å². The zero-order chi connectivity index (χ0) is 24.3. The van der Waals surface area contributed by atoms with Crippen molar-refractivity contribution < 1.29 is 14.2 Å². The van der Waals surface area contributed by atoms with E-state index in [9.17, 15) is 4.79 Å². The number of imidazole rings is 1. The number of hydrogen-bond acceptors (Lipinski definition) is 8. The van der Waals surface area contributed by atoms with Gasteiger partial charge < -0.3 is 19.5 Å². The number of hydrogen-bond donors (Lipinski definition) is 1. The molecule has 12 heteroatoms. The van der Waals surface area contributed by atoms with E-state index in [0.29, 0.717) is 53.5 Å². The summed E-state index contributed by atoms with van der Waals surface area (Å²) in [5.74, 6) is 0.677. The van der Waals surface area contributed by atoms with Gasteiger partial charge in [-0.15, -0.1) is 0 Å². The summed E-state index contributed by atoms with van der Waals surface area (Å²) in [7, 11) is 0.294. The molecule has 3 aromatic heterocycles. The Morgan fingerprint density at radius 3 is 2.71 bits per heavy atom. The normalized spacial score (nSPS) is 15.1. The minimum atomic E-state index is -1.23. The van der Waals surface area contributed by atoms with Crippen LogP contribution in [-0.4, -0.2) is 59.1 Å². The standard InChI is InChI=1S/C22H31ClN6O4Si/c1-31-20-17(11-15(23)12-24-20)26-21-25-13-18-19(27-21)29(16-5-7-32-8-6-16)22(30)28(18)14-33-9-10-34(2,3)4/h11-13,16H,5-10,14H2,1-4H3,(H,25,26,27). The topological polar surface area (TPSA) is 105 Å². The predicted octanol–water partition coefficient (Wildman–Crippen LogP) is 4.06. The van der Waals surface area contributed by atoms with Gasteiger partial charge >= 0.3 is 5.69 Å². The second-order valence-electron chi connectivity index (χ2n) is 9.51. The minimum Gasteiger partial charge on any atom is -0.480 e. The maximum absolute atomic E-state index is 13.5. The van der Waals surface area contributed by atoms with Crippen molar-refractivity contribution in [2.24, 2.45) is 0 Å². The van der Waals surface area contributed by atoms with Crippen LogP contribution in [0.15, 0.2) is 23.3 Å². The Morgan fingerprint density at radius 1 is 1.24 bits per heavy atom. The van der Waals surface area contributed by atoms with Crippen LogP contribution in [0, 0.1) is 0 Å². The molecule has 0 atom stereocenters. The average molecular weight is 507 g/mol. The summed E-state index contributed by atoms with van der Waals surface area (Å²) >= 11 is 6.10. The molecule has 184 valence electrons. The van der Waals surface area contributed by atoms with Crippen LogP contribution < -0.4 is 15.7 Å². The van der Waals surface area contributed by atoms with E-state index in [1.54, 1.807) is 21.4 Å². The molecule has 0 bridgehead atoms. The molecule has 4 rings (SSSR count). The number of ether oxygens (including phenoxy) is 3. The molecule has 0 aliphatic carbocycles. The first-order valence-electron chi connectivity index (χ1n) is 11.4. The summed E-state index contributed by atoms with van der Waals surface area (Å²) in [6.07, 6.45) is 4.64. The van der Waals surface area contributed by atoms with E-state index in [4.69, 9.17) is 30.8 Å². The number of pyridine rings is 1. The zero-order valence-electron chi connectivity index (χ0n) is 20.0. The molecule has 1 N–H and O–H groups in total. The van der Waals surface area contributed by atoms with Crippen LogP contribution in [0.1, 0.15) is 18.9 Å². The third kappa shape index (κ3) is 5.60. The van der Waals surface area contributed by atoms with Gasteiger partial charge in [-0.2, -0.15) is 4.98 Å². The summed E-state index contributed by atoms with van der Waals surface area (Å²) in [5.41, 5.74) is 1.56. The Labute approximate surface area is 204 Å². The molecule has 10 nitrogen and oxygen atoms in total. The van der Waals surface area contributed by atoms with Gasteiger partial charge in [0.2, 0.25) is 11.8 Å². The lowest BCUT2D eigenvalue weighted by molar-refractivity contribution is 0.0669. The second kappa shape index (κ2) is 10.4. The van der Waals surface area contributed by atoms with Crippen molar-refractivity contribution in [3.8, 4) is 5.88 Å². The number of anilines is 2. The summed E-state index contributed by atoms with van der Waals surface area (Å²) in [6, 6.07) is 2.71. The van der Waals surface area contributed by atoms with Gasteiger partial charge in [-0.3, -0.25) is 9.13 Å². The number of rotatable bonds is 9. The van der Waals surface area contributed by atoms with Crippen molar-refractivity contribution in [2.75, 3.05) is 32.2 Å². The minimum absolute atomic E-state index is 0.00268. The van der Waals surface area contributed by atoms with E-state index in [2.05, 4.69) is 34.9 Å². The second-order valence-corrected chi connectivity index (χ2v) is 15.6. The molecule has 1 fully saturated rings. The van der Waals surface area contributed by atoms with Gasteiger partial charge in [-0.25, -0.2) is 14.8 Å². The highest BCUT2D eigenvalue weighted by molar-refractivity contribution is 6.76. The summed E-state index contributed by atoms with van der Waals surface area (Å²) in [4.78, 5) is 26.8. The molecule has 4 heterocycles. The lowest BCUT2D eigenvalue weighted by Gasteiger charge is -2.22. The molecular formula is C22H31ClN6O4Si. The highest BCUT2D eigenvalue weighted by atomic mass is 35.5. The maximum Gasteiger partial charge on any atom is 0.332 e. The molecule has 0 spiro atoms. The van der Waals surface area contributed by atoms with Gasteiger partial charge in [0.1, 0.15) is 17.9 Å². The Hall–Kier alpha value is -2.47. The fourth-order valence-electron chi connectivity index (χ4n) is 3.85. The van der Waals surface area contributed by atoms with Crippen LogP contribution in [0.5, 0.6) is 5.88 Å². The molecular weight excluding hydrogens is 476 g/mol. The number of halogens is 1. The number of fused-ring (bicyclic) bond motifs is 1. The number of nitrogens with one attached hydrogen (secondary N) is 1. The zero-order valence-corrected chi connectivity index (χ0v) is 21.8. The van der Waals surface area contributed by atoms with Gasteiger partial charge in [0.05, 0.1) is 18.3 Å². The fourth-order valence-corrected chi connectivity index (χ4v) is 4.76. The molecule has 0 unspecified atom stereocenters. The van der Waals surface area contributed by atoms with Crippen LogP contribution in [-0.2, 0) is 16.2 Å². The van der Waals surface area contributed by atoms with Crippen molar-refractivity contribution in [1.82, 2.24) is 24.1 Å². The summed E-state index contributed by atoms with van der Waals surface area (Å²) in [5, 5.41) is 3.56. The third-order valence-electron chi connectivity index (χ3n) is 5.74. The van der Waals surface area contributed by atoms with E-state index >= 15 is 0 Å². The Kier molecular flexibility index (Phi) is 7.56. The van der Waals surface area contributed by atoms with E-state index in [1.807, 2.05) is 0 Å². The van der Waals surface area contributed by atoms with Crippen LogP contribution >= 0.6 is 11.6 Å². The highest BCUT2D eigenvalue weighted by Gasteiger charge is 2.25. The van der Waals surface area contributed by atoms with Gasteiger partial charge in [0.25, 0.3) is 0 Å². The SMILES string of the molecule is COc1ncc(Cl)cc1Nc1ncc2c(n1)n(C1CCOCC1)c(=O)n2COCC[Si](C)(C)C. The van der Waals surface area contributed by atoms with Crippen molar-refractivity contribution in [3.05, 3.63) is 34.0 Å². The Balaban J connectivity index is 1.69. The van der Waals surface area contributed by atoms with Crippen molar-refractivity contribution in [2.45, 2.75) is 51.3 Å². The van der Waals surface area contributed by atoms with Crippen LogP contribution in [0.3, 0.4) is 0 Å². The van der Waals surface area contributed by atoms with E-state index < -0.39 is 8.07 Å². The fraction of sp³-hybridized carbons (Fsp3) is 0.545. The van der Waals surface area contributed by atoms with E-state index in [-0.39, 0.29) is 18.5 Å². The third-order valence-corrected chi connectivity index (χ3v) is 7.65. The summed E-state index contributed by atoms with van der Waals surface area (Å²) in [6.45, 7) is 8.90. The van der Waals surface area contributed by atoms with Crippen molar-refractivity contribution in [1.29, 1.82) is 0 Å². The van der Waals surface area contributed by atoms with Crippen LogP contribution in [0.4, 0.5) is 11.6 Å². The first kappa shape index (κ1) is 24.6. The number of methoxy groups -OCH3 is 1. The monoisotopic (exact) mass is 506 g/mol.